The number of hydrogen-bond acceptors (Lipinski definition) is 13. The number of hydrogen-bond donors (Lipinski definition) is 4. The molecule has 3 aromatic rings. The molecular formula is C42H54FN13O5. The molecule has 8 rings (SSSR count). The quantitative estimate of drug-likeness (QED) is 0.205. The maximum atomic E-state index is 15.7. The summed E-state index contributed by atoms with van der Waals surface area (Å²) in [6.45, 7) is 10.2. The van der Waals surface area contributed by atoms with Crippen LogP contribution in [0, 0.1) is 18.7 Å². The number of nitrogens with zero attached hydrogens (tertiary/aromatic N) is 9. The van der Waals surface area contributed by atoms with Crippen LogP contribution in [0.4, 0.5) is 38.0 Å². The maximum absolute atomic E-state index is 15.7. The Bertz CT molecular complexity index is 2180. The average Bonchev–Trinajstić information content (AvgIpc) is 3.59. The number of urea groups is 1. The van der Waals surface area contributed by atoms with Crippen LogP contribution in [-0.4, -0.2) is 151 Å². The smallest absolute Gasteiger partial charge is 0.320 e. The number of imide groups is 1. The molecule has 2 aromatic carbocycles. The number of carbonyl (C=O) groups excluding carboxylic acids is 5. The lowest BCUT2D eigenvalue weighted by Gasteiger charge is -2.40. The summed E-state index contributed by atoms with van der Waals surface area (Å²) in [5.41, 5.74) is 8.78. The Morgan fingerprint density at radius 1 is 0.885 bits per heavy atom. The van der Waals surface area contributed by atoms with E-state index < -0.39 is 23.7 Å². The van der Waals surface area contributed by atoms with Crippen LogP contribution in [0.5, 0.6) is 0 Å². The van der Waals surface area contributed by atoms with Gasteiger partial charge in [-0.1, -0.05) is 0 Å². The van der Waals surface area contributed by atoms with Crippen LogP contribution in [0.25, 0.3) is 0 Å². The van der Waals surface area contributed by atoms with Crippen LogP contribution in [0.1, 0.15) is 64.9 Å². The number of piperazine rings is 1. The van der Waals surface area contributed by atoms with E-state index in [2.05, 4.69) is 45.8 Å². The standard InChI is InChI=1S/C42H54FN13O5/c1-26-22-29(6-7-31(26)39(59)46-33-8-10-35(57)47-40(33)60)53-14-11-27(12-15-53)24-52-17-19-54(20-18-52)34-9-5-28(23-32(34)43)45-38-36(37(44)58)49-50-41(48-38)55-13-3-4-30(25-55)56-21-16-51(2)42(56)61/h5-7,9,22-23,27,30,33H,3-4,8,10-21,24-25H2,1-2H3,(H2,44,58)(H,46,59)(H,45,48,50)(H,47,57,60)/t30-,33?/m1/s1. The highest BCUT2D eigenvalue weighted by Gasteiger charge is 2.35. The number of nitrogens with one attached hydrogen (secondary N) is 3. The molecule has 6 heterocycles. The third-order valence-corrected chi connectivity index (χ3v) is 12.7. The Labute approximate surface area is 354 Å². The van der Waals surface area contributed by atoms with E-state index in [1.165, 1.54) is 6.07 Å². The SMILES string of the molecule is Cc1cc(N2CCC(CN3CCN(c4ccc(Nc5nc(N6CCC[C@@H](N7CCN(C)C7=O)C6)nnc5C(N)=O)cc4F)CC3)CC2)ccc1C(=O)NC1CCC(=O)NC1=O. The molecular weight excluding hydrogens is 786 g/mol. The summed E-state index contributed by atoms with van der Waals surface area (Å²) in [6.07, 6.45) is 4.28. The van der Waals surface area contributed by atoms with Crippen molar-refractivity contribution in [1.82, 2.24) is 40.5 Å². The molecule has 5 saturated heterocycles. The van der Waals surface area contributed by atoms with E-state index in [4.69, 9.17) is 5.73 Å². The van der Waals surface area contributed by atoms with Gasteiger partial charge in [0, 0.05) is 102 Å². The highest BCUT2D eigenvalue weighted by Crippen LogP contribution is 2.30. The van der Waals surface area contributed by atoms with Gasteiger partial charge >= 0.3 is 6.03 Å². The second-order valence-electron chi connectivity index (χ2n) is 16.8. The summed E-state index contributed by atoms with van der Waals surface area (Å²) in [6, 6.07) is 9.96. The van der Waals surface area contributed by atoms with Crippen molar-refractivity contribution in [3.8, 4) is 0 Å². The number of rotatable bonds is 11. The van der Waals surface area contributed by atoms with E-state index in [0.29, 0.717) is 74.5 Å². The first-order valence-corrected chi connectivity index (χ1v) is 21.3. The summed E-state index contributed by atoms with van der Waals surface area (Å²) in [7, 11) is 1.80. The van der Waals surface area contributed by atoms with Gasteiger partial charge in [-0.15, -0.1) is 10.2 Å². The van der Waals surface area contributed by atoms with Crippen molar-refractivity contribution in [2.45, 2.75) is 57.5 Å². The Kier molecular flexibility index (Phi) is 12.2. The van der Waals surface area contributed by atoms with Crippen LogP contribution in [-0.2, 0) is 9.59 Å². The molecule has 6 amide bonds. The van der Waals surface area contributed by atoms with Gasteiger partial charge in [-0.25, -0.2) is 9.18 Å². The summed E-state index contributed by atoms with van der Waals surface area (Å²) in [4.78, 5) is 78.5. The fourth-order valence-corrected chi connectivity index (χ4v) is 9.16. The van der Waals surface area contributed by atoms with E-state index in [1.54, 1.807) is 30.1 Å². The number of aromatic nitrogens is 3. The van der Waals surface area contributed by atoms with E-state index >= 15 is 4.39 Å². The molecule has 19 heteroatoms. The molecule has 5 N–H and O–H groups in total. The summed E-state index contributed by atoms with van der Waals surface area (Å²) in [5, 5.41) is 16.4. The van der Waals surface area contributed by atoms with E-state index in [9.17, 15) is 24.0 Å². The summed E-state index contributed by atoms with van der Waals surface area (Å²) in [5.74, 6) is -1.39. The third-order valence-electron chi connectivity index (χ3n) is 12.7. The molecule has 0 aliphatic carbocycles. The first-order valence-electron chi connectivity index (χ1n) is 21.3. The van der Waals surface area contributed by atoms with Gasteiger partial charge in [0.1, 0.15) is 11.9 Å². The average molecular weight is 840 g/mol. The predicted molar refractivity (Wildman–Crippen MR) is 226 cm³/mol. The molecule has 61 heavy (non-hydrogen) atoms. The lowest BCUT2D eigenvalue weighted by Crippen LogP contribution is -2.52. The van der Waals surface area contributed by atoms with Crippen LogP contribution in [0.15, 0.2) is 36.4 Å². The predicted octanol–water partition coefficient (Wildman–Crippen LogP) is 2.07. The normalized spacial score (nSPS) is 21.8. The molecule has 0 saturated carbocycles. The van der Waals surface area contributed by atoms with Crippen molar-refractivity contribution in [2.75, 3.05) is 99.1 Å². The monoisotopic (exact) mass is 839 g/mol. The third kappa shape index (κ3) is 9.30. The summed E-state index contributed by atoms with van der Waals surface area (Å²) < 4.78 is 15.7. The minimum absolute atomic E-state index is 0.00537. The second-order valence-corrected chi connectivity index (χ2v) is 16.8. The molecule has 18 nitrogen and oxygen atoms in total. The molecule has 5 aliphatic rings. The van der Waals surface area contributed by atoms with Gasteiger partial charge in [-0.2, -0.15) is 4.98 Å². The first kappa shape index (κ1) is 41.6. The van der Waals surface area contributed by atoms with E-state index in [-0.39, 0.29) is 41.8 Å². The van der Waals surface area contributed by atoms with Crippen molar-refractivity contribution in [1.29, 1.82) is 0 Å². The molecule has 5 fully saturated rings. The molecule has 0 spiro atoms. The number of primary amides is 1. The number of piperidine rings is 3. The highest BCUT2D eigenvalue weighted by molar-refractivity contribution is 6.04. The Balaban J connectivity index is 0.813. The van der Waals surface area contributed by atoms with Gasteiger partial charge in [0.2, 0.25) is 17.8 Å². The molecule has 324 valence electrons. The van der Waals surface area contributed by atoms with Crippen LogP contribution in [0.2, 0.25) is 0 Å². The lowest BCUT2D eigenvalue weighted by molar-refractivity contribution is -0.134. The van der Waals surface area contributed by atoms with Crippen LogP contribution >= 0.6 is 0 Å². The molecule has 2 atom stereocenters. The van der Waals surface area contributed by atoms with Crippen molar-refractivity contribution >= 4 is 58.5 Å². The zero-order valence-electron chi connectivity index (χ0n) is 34.7. The van der Waals surface area contributed by atoms with E-state index in [1.807, 2.05) is 28.9 Å². The number of nitrogens with two attached hydrogens (primary N) is 1. The number of amides is 6. The molecule has 1 aromatic heterocycles. The van der Waals surface area contributed by atoms with Gasteiger partial charge in [0.05, 0.1) is 11.7 Å². The Hall–Kier alpha value is -6.11. The topological polar surface area (TPSA) is 206 Å². The molecule has 0 bridgehead atoms. The van der Waals surface area contributed by atoms with Crippen LogP contribution in [0.3, 0.4) is 0 Å². The minimum Gasteiger partial charge on any atom is -0.372 e. The van der Waals surface area contributed by atoms with Gasteiger partial charge in [-0.3, -0.25) is 29.4 Å². The summed E-state index contributed by atoms with van der Waals surface area (Å²) >= 11 is 0. The van der Waals surface area contributed by atoms with Crippen molar-refractivity contribution in [2.24, 2.45) is 11.7 Å². The zero-order chi connectivity index (χ0) is 42.8. The van der Waals surface area contributed by atoms with Crippen molar-refractivity contribution in [3.05, 3.63) is 59.0 Å². The highest BCUT2D eigenvalue weighted by atomic mass is 19.1. The Morgan fingerprint density at radius 2 is 1.67 bits per heavy atom. The Morgan fingerprint density at radius 3 is 2.36 bits per heavy atom. The number of aryl methyl sites for hydroxylation is 1. The van der Waals surface area contributed by atoms with Crippen molar-refractivity contribution in [3.63, 3.8) is 0 Å². The number of benzene rings is 2. The number of halogens is 1. The largest absolute Gasteiger partial charge is 0.372 e. The fourth-order valence-electron chi connectivity index (χ4n) is 9.16. The minimum atomic E-state index is -0.810. The van der Waals surface area contributed by atoms with Gasteiger partial charge in [-0.05, 0) is 86.9 Å². The van der Waals surface area contributed by atoms with Gasteiger partial charge in [0.15, 0.2) is 11.5 Å². The second kappa shape index (κ2) is 17.9. The molecule has 0 radical (unpaired) electrons. The number of carbonyl (C=O) groups is 5. The van der Waals surface area contributed by atoms with Gasteiger partial charge < -0.3 is 40.9 Å². The van der Waals surface area contributed by atoms with Crippen molar-refractivity contribution < 1.29 is 28.4 Å². The molecule has 5 aliphatic heterocycles. The van der Waals surface area contributed by atoms with Gasteiger partial charge in [0.25, 0.3) is 11.8 Å². The van der Waals surface area contributed by atoms with Crippen LogP contribution < -0.4 is 36.4 Å². The first-order chi connectivity index (χ1) is 29.4. The molecule has 1 unspecified atom stereocenters. The lowest BCUT2D eigenvalue weighted by atomic mass is 9.95. The fraction of sp³-hybridized carbons (Fsp3) is 0.524. The van der Waals surface area contributed by atoms with E-state index in [0.717, 1.165) is 69.7 Å². The number of anilines is 5. The number of likely N-dealkylation sites (N-methyl/N-ethyl adjacent to an activating group) is 1. The zero-order valence-corrected chi connectivity index (χ0v) is 34.7. The maximum Gasteiger partial charge on any atom is 0.320 e.